The van der Waals surface area contributed by atoms with Crippen LogP contribution in [-0.4, -0.2) is 217 Å². The first kappa shape index (κ1) is 54.3. The molecule has 72 heavy (non-hydrogen) atoms. The van der Waals surface area contributed by atoms with E-state index in [4.69, 9.17) is 47.4 Å². The van der Waals surface area contributed by atoms with Crippen LogP contribution in [0.1, 0.15) is 99.8 Å². The van der Waals surface area contributed by atoms with Crippen LogP contribution in [0.25, 0.3) is 0 Å². The molecule has 2 bridgehead atoms. The average Bonchev–Trinajstić information content (AvgIpc) is 3.84. The average molecular weight is 1030 g/mol. The molecule has 10 fully saturated rings. The Kier molecular flexibility index (Phi) is 14.6. The van der Waals surface area contributed by atoms with Crippen molar-refractivity contribution < 1.29 is 104 Å². The van der Waals surface area contributed by atoms with Crippen molar-refractivity contribution in [3.63, 3.8) is 0 Å². The summed E-state index contributed by atoms with van der Waals surface area (Å²) < 4.78 is 63.0. The van der Waals surface area contributed by atoms with E-state index in [-0.39, 0.29) is 46.7 Å². The Morgan fingerprint density at radius 1 is 0.625 bits per heavy atom. The lowest BCUT2D eigenvalue weighted by molar-refractivity contribution is -0.396. The predicted molar refractivity (Wildman–Crippen MR) is 245 cm³/mol. The third-order valence-electron chi connectivity index (χ3n) is 20.1. The molecule has 412 valence electrons. The molecule has 21 nitrogen and oxygen atoms in total. The van der Waals surface area contributed by atoms with E-state index < -0.39 is 147 Å². The second kappa shape index (κ2) is 19.4. The molecule has 0 radical (unpaired) electrons. The molecule has 0 aromatic rings. The van der Waals surface area contributed by atoms with E-state index in [9.17, 15) is 56.2 Å². The van der Waals surface area contributed by atoms with Gasteiger partial charge < -0.3 is 104 Å². The Labute approximate surface area is 420 Å². The van der Waals surface area contributed by atoms with E-state index in [1.807, 2.05) is 6.92 Å². The van der Waals surface area contributed by atoms with Gasteiger partial charge in [-0.3, -0.25) is 0 Å². The Balaban J connectivity index is 0.913. The zero-order chi connectivity index (χ0) is 51.8. The fourth-order valence-corrected chi connectivity index (χ4v) is 16.7. The molecule has 4 saturated carbocycles. The molecule has 10 rings (SSSR count). The summed E-state index contributed by atoms with van der Waals surface area (Å²) in [4.78, 5) is 0. The highest BCUT2D eigenvalue weighted by molar-refractivity contribution is 5.27. The van der Waals surface area contributed by atoms with Crippen LogP contribution in [-0.2, 0) is 47.4 Å². The molecular weight excluding hydrogens is 949 g/mol. The molecule has 28 atom stereocenters. The van der Waals surface area contributed by atoms with Crippen LogP contribution in [0.3, 0.4) is 0 Å². The zero-order valence-corrected chi connectivity index (χ0v) is 42.6. The van der Waals surface area contributed by atoms with Gasteiger partial charge in [-0.15, -0.1) is 0 Å². The number of ether oxygens (including phenoxy) is 10. The maximum Gasteiger partial charge on any atom is 0.187 e. The molecule has 21 heteroatoms. The van der Waals surface area contributed by atoms with Crippen LogP contribution < -0.4 is 0 Å². The molecule has 11 N–H and O–H groups in total. The van der Waals surface area contributed by atoms with Gasteiger partial charge in [0, 0.05) is 24.2 Å². The number of hydrogen-bond acceptors (Lipinski definition) is 21. The molecule has 0 aromatic carbocycles. The van der Waals surface area contributed by atoms with Gasteiger partial charge in [-0.25, -0.2) is 0 Å². The van der Waals surface area contributed by atoms with Crippen LogP contribution >= 0.6 is 0 Å². The summed E-state index contributed by atoms with van der Waals surface area (Å²) in [6.07, 6.45) is -19.6. The van der Waals surface area contributed by atoms with Crippen molar-refractivity contribution in [2.24, 2.45) is 45.3 Å². The van der Waals surface area contributed by atoms with Gasteiger partial charge >= 0.3 is 0 Å². The van der Waals surface area contributed by atoms with E-state index >= 15 is 0 Å². The number of hydrogen-bond donors (Lipinski definition) is 11. The lowest BCUT2D eigenvalue weighted by atomic mass is 9.35. The third kappa shape index (κ3) is 8.54. The lowest BCUT2D eigenvalue weighted by Crippen LogP contribution is -2.68. The number of allylic oxidation sites excluding steroid dienone is 1. The van der Waals surface area contributed by atoms with Crippen LogP contribution in [0.5, 0.6) is 0 Å². The van der Waals surface area contributed by atoms with Crippen LogP contribution in [0.2, 0.25) is 0 Å². The summed E-state index contributed by atoms with van der Waals surface area (Å²) in [6.45, 7) is 14.0. The second-order valence-electron chi connectivity index (χ2n) is 24.9. The highest BCUT2D eigenvalue weighted by atomic mass is 16.8. The summed E-state index contributed by atoms with van der Waals surface area (Å²) in [5, 5.41) is 120. The highest BCUT2D eigenvalue weighted by Crippen LogP contribution is 2.80. The SMILES string of the molecule is CC(C)=CC1CC(C)(O)C2C3CCC4C5(C)CCC(OC6OCC(O)C(OC7OC(CO)C(O)C(O)C7OC7OCC(O)C(O)C7O)C6OC6OCC(O)C(O)C6O)C(C)(C)C5CCC4(C)C34COC2(C4)O1. The van der Waals surface area contributed by atoms with Crippen molar-refractivity contribution in [3.8, 4) is 0 Å². The molecule has 0 aromatic heterocycles. The second-order valence-corrected chi connectivity index (χ2v) is 24.9. The first-order valence-corrected chi connectivity index (χ1v) is 26.4. The lowest BCUT2D eigenvalue weighted by Gasteiger charge is -2.70. The minimum atomic E-state index is -1.86. The van der Waals surface area contributed by atoms with Crippen molar-refractivity contribution in [2.45, 2.75) is 228 Å². The van der Waals surface area contributed by atoms with Gasteiger partial charge in [0.25, 0.3) is 0 Å². The monoisotopic (exact) mass is 1030 g/mol. The van der Waals surface area contributed by atoms with E-state index in [1.54, 1.807) is 0 Å². The minimum absolute atomic E-state index is 0.105. The molecule has 2 spiro atoms. The van der Waals surface area contributed by atoms with Gasteiger partial charge in [-0.1, -0.05) is 39.3 Å². The van der Waals surface area contributed by atoms with Crippen molar-refractivity contribution in [2.75, 3.05) is 33.0 Å². The third-order valence-corrected chi connectivity index (χ3v) is 20.1. The van der Waals surface area contributed by atoms with Gasteiger partial charge in [-0.2, -0.15) is 0 Å². The fraction of sp³-hybridized carbons (Fsp3) is 0.961. The van der Waals surface area contributed by atoms with Gasteiger partial charge in [0.2, 0.25) is 0 Å². The Bertz CT molecular complexity index is 1970. The first-order valence-electron chi connectivity index (χ1n) is 26.4. The van der Waals surface area contributed by atoms with Gasteiger partial charge in [0.1, 0.15) is 79.4 Å². The standard InChI is InChI=1S/C51H82O21/c1-22(2)14-23-15-49(7,62)41-24-8-9-30-47(5)12-11-31(46(3,4)29(47)10-13-48(30,6)50(24)20-51(41,72-23)66-21-50)68-44-40(71-43-37(61)33(57)26(54)18-64-43)38(27(55)19-65-44)69-45-39(35(59)34(58)28(16-52)67-45)70-42-36(60)32(56)25(53)17-63-42/h14,23-45,52-62H,8-13,15-21H2,1-7H3. The normalized spacial score (nSPS) is 57.1. The van der Waals surface area contributed by atoms with Crippen LogP contribution in [0.4, 0.5) is 0 Å². The van der Waals surface area contributed by atoms with Crippen molar-refractivity contribution in [1.29, 1.82) is 0 Å². The Hall–Kier alpha value is -1.10. The highest BCUT2D eigenvalue weighted by Gasteiger charge is 2.81. The zero-order valence-electron chi connectivity index (χ0n) is 42.6. The number of fused-ring (bicyclic) bond motifs is 4. The number of rotatable bonds is 10. The molecular formula is C51H82O21. The first-order chi connectivity index (χ1) is 33.8. The quantitative estimate of drug-likeness (QED) is 0.0930. The summed E-state index contributed by atoms with van der Waals surface area (Å²) in [7, 11) is 0. The van der Waals surface area contributed by atoms with E-state index in [2.05, 4.69) is 47.6 Å². The molecule has 28 unspecified atom stereocenters. The molecule has 0 amide bonds. The summed E-state index contributed by atoms with van der Waals surface area (Å²) >= 11 is 0. The maximum atomic E-state index is 12.3. The van der Waals surface area contributed by atoms with E-state index in [0.717, 1.165) is 44.1 Å². The molecule has 4 aliphatic carbocycles. The van der Waals surface area contributed by atoms with E-state index in [1.165, 1.54) is 0 Å². The molecule has 6 heterocycles. The van der Waals surface area contributed by atoms with Gasteiger partial charge in [0.05, 0.1) is 50.8 Å². The van der Waals surface area contributed by atoms with Gasteiger partial charge in [-0.05, 0) is 93.3 Å². The largest absolute Gasteiger partial charge is 0.394 e. The van der Waals surface area contributed by atoms with Crippen molar-refractivity contribution >= 4 is 0 Å². The Morgan fingerprint density at radius 2 is 1.24 bits per heavy atom. The topological polar surface area (TPSA) is 315 Å². The fourth-order valence-electron chi connectivity index (χ4n) is 16.7. The Morgan fingerprint density at radius 3 is 1.88 bits per heavy atom. The maximum absolute atomic E-state index is 12.3. The summed E-state index contributed by atoms with van der Waals surface area (Å²) in [5.74, 6) is -0.218. The minimum Gasteiger partial charge on any atom is -0.394 e. The summed E-state index contributed by atoms with van der Waals surface area (Å²) in [6, 6.07) is 0. The van der Waals surface area contributed by atoms with Crippen LogP contribution in [0, 0.1) is 45.3 Å². The predicted octanol–water partition coefficient (Wildman–Crippen LogP) is -0.931. The van der Waals surface area contributed by atoms with Gasteiger partial charge in [0.15, 0.2) is 30.9 Å². The van der Waals surface area contributed by atoms with E-state index in [0.29, 0.717) is 25.4 Å². The number of aliphatic hydroxyl groups excluding tert-OH is 10. The van der Waals surface area contributed by atoms with Crippen molar-refractivity contribution in [3.05, 3.63) is 11.6 Å². The molecule has 6 saturated heterocycles. The molecule has 6 aliphatic heterocycles. The van der Waals surface area contributed by atoms with Crippen molar-refractivity contribution in [1.82, 2.24) is 0 Å². The van der Waals surface area contributed by atoms with Crippen LogP contribution in [0.15, 0.2) is 11.6 Å². The smallest absolute Gasteiger partial charge is 0.187 e. The number of aliphatic hydroxyl groups is 11. The molecule has 10 aliphatic rings. The summed E-state index contributed by atoms with van der Waals surface area (Å²) in [5.41, 5.74) is -0.700.